The van der Waals surface area contributed by atoms with Gasteiger partial charge < -0.3 is 14.3 Å². The Bertz CT molecular complexity index is 1790. The van der Waals surface area contributed by atoms with Gasteiger partial charge in [-0.05, 0) is 60.9 Å². The number of pyridine rings is 1. The normalized spacial score (nSPS) is 11.9. The molecule has 0 saturated heterocycles. The zero-order valence-corrected chi connectivity index (χ0v) is 23.2. The number of fused-ring (bicyclic) bond motifs is 1. The second kappa shape index (κ2) is 11.3. The number of rotatable bonds is 9. The van der Waals surface area contributed by atoms with Gasteiger partial charge >= 0.3 is 0 Å². The third-order valence-electron chi connectivity index (χ3n) is 6.94. The number of aromatic amines is 1. The Morgan fingerprint density at radius 3 is 2.50 bits per heavy atom. The molecule has 40 heavy (non-hydrogen) atoms. The summed E-state index contributed by atoms with van der Waals surface area (Å²) in [4.78, 5) is 47.5. The van der Waals surface area contributed by atoms with Gasteiger partial charge in [0.1, 0.15) is 11.6 Å². The summed E-state index contributed by atoms with van der Waals surface area (Å²) in [5.74, 6) is 0.861. The van der Waals surface area contributed by atoms with Crippen LogP contribution in [0.15, 0.2) is 83.8 Å². The number of Topliss-reactive ketones (excluding diaryl/α,β-unsaturated/α-hetero) is 2. The Labute approximate surface area is 236 Å². The van der Waals surface area contributed by atoms with E-state index in [2.05, 4.69) is 9.97 Å². The molecular formula is C32H28ClN3O4. The molecule has 8 heteroatoms. The maximum atomic E-state index is 13.9. The summed E-state index contributed by atoms with van der Waals surface area (Å²) >= 11 is 6.25. The van der Waals surface area contributed by atoms with E-state index in [9.17, 15) is 14.4 Å². The van der Waals surface area contributed by atoms with Gasteiger partial charge in [0.2, 0.25) is 0 Å². The van der Waals surface area contributed by atoms with Crippen LogP contribution in [0.25, 0.3) is 22.2 Å². The van der Waals surface area contributed by atoms with E-state index in [0.29, 0.717) is 33.9 Å². The standard InChI is InChI=1S/C32H28ClN3O4/c1-19(37)24-11-10-23(33)16-25(24)26-17-32(39)36(18-31(26)40-3)29(14-21-7-5-4-6-8-21)30(38)15-22-9-12-27-28(13-22)35-20(2)34-27/h4-13,16-18,29H,14-15H2,1-3H3,(H,34,35). The Hall–Kier alpha value is -4.49. The Kier molecular flexibility index (Phi) is 7.67. The summed E-state index contributed by atoms with van der Waals surface area (Å²) in [6, 6.07) is 20.8. The molecule has 0 aliphatic carbocycles. The van der Waals surface area contributed by atoms with Crippen LogP contribution < -0.4 is 10.3 Å². The van der Waals surface area contributed by atoms with Crippen molar-refractivity contribution in [3.8, 4) is 16.9 Å². The first-order valence-corrected chi connectivity index (χ1v) is 13.2. The quantitative estimate of drug-likeness (QED) is 0.221. The highest BCUT2D eigenvalue weighted by Gasteiger charge is 2.25. The number of halogens is 1. The van der Waals surface area contributed by atoms with Gasteiger partial charge in [0.15, 0.2) is 11.6 Å². The zero-order chi connectivity index (χ0) is 28.4. The molecule has 202 valence electrons. The van der Waals surface area contributed by atoms with Crippen molar-refractivity contribution < 1.29 is 14.3 Å². The maximum Gasteiger partial charge on any atom is 0.252 e. The number of nitrogens with one attached hydrogen (secondary N) is 1. The summed E-state index contributed by atoms with van der Waals surface area (Å²) < 4.78 is 7.11. The number of H-pyrrole nitrogens is 1. The molecule has 0 fully saturated rings. The van der Waals surface area contributed by atoms with Crippen molar-refractivity contribution in [1.29, 1.82) is 0 Å². The van der Waals surface area contributed by atoms with Crippen LogP contribution >= 0.6 is 11.6 Å². The van der Waals surface area contributed by atoms with Gasteiger partial charge in [0.05, 0.1) is 30.4 Å². The number of methoxy groups -OCH3 is 1. The number of hydrogen-bond acceptors (Lipinski definition) is 5. The number of aryl methyl sites for hydroxylation is 1. The van der Waals surface area contributed by atoms with Gasteiger partial charge in [-0.25, -0.2) is 4.98 Å². The minimum Gasteiger partial charge on any atom is -0.495 e. The smallest absolute Gasteiger partial charge is 0.252 e. The molecular weight excluding hydrogens is 526 g/mol. The minimum absolute atomic E-state index is 0.122. The lowest BCUT2D eigenvalue weighted by molar-refractivity contribution is -0.121. The number of nitrogens with zero attached hydrogens (tertiary/aromatic N) is 2. The van der Waals surface area contributed by atoms with Gasteiger partial charge in [-0.15, -0.1) is 0 Å². The molecule has 0 spiro atoms. The highest BCUT2D eigenvalue weighted by molar-refractivity contribution is 6.31. The molecule has 2 heterocycles. The van der Waals surface area contributed by atoms with Crippen molar-refractivity contribution in [2.75, 3.05) is 7.11 Å². The number of benzene rings is 3. The van der Waals surface area contributed by atoms with E-state index in [4.69, 9.17) is 16.3 Å². The van der Waals surface area contributed by atoms with Gasteiger partial charge in [-0.3, -0.25) is 14.4 Å². The Balaban J connectivity index is 1.58. The number of ketones is 2. The van der Waals surface area contributed by atoms with Crippen LogP contribution in [0.1, 0.15) is 40.3 Å². The fraction of sp³-hybridized carbons (Fsp3) is 0.188. The zero-order valence-electron chi connectivity index (χ0n) is 22.4. The molecule has 7 nitrogen and oxygen atoms in total. The molecule has 0 aliphatic rings. The van der Waals surface area contributed by atoms with Crippen molar-refractivity contribution >= 4 is 34.2 Å². The van der Waals surface area contributed by atoms with Crippen molar-refractivity contribution in [3.63, 3.8) is 0 Å². The molecule has 0 aliphatic heterocycles. The first kappa shape index (κ1) is 27.1. The van der Waals surface area contributed by atoms with E-state index in [0.717, 1.165) is 28.0 Å². The predicted octanol–water partition coefficient (Wildman–Crippen LogP) is 6.16. The minimum atomic E-state index is -0.788. The van der Waals surface area contributed by atoms with Gasteiger partial charge in [0.25, 0.3) is 5.56 Å². The third-order valence-corrected chi connectivity index (χ3v) is 7.17. The number of ether oxygens (including phenoxy) is 1. The van der Waals surface area contributed by atoms with Crippen molar-refractivity contribution in [2.45, 2.75) is 32.7 Å². The highest BCUT2D eigenvalue weighted by Crippen LogP contribution is 2.34. The first-order valence-electron chi connectivity index (χ1n) is 12.9. The van der Waals surface area contributed by atoms with E-state index in [1.54, 1.807) is 24.4 Å². The number of imidazole rings is 1. The highest BCUT2D eigenvalue weighted by atomic mass is 35.5. The van der Waals surface area contributed by atoms with Gasteiger partial charge in [-0.1, -0.05) is 48.0 Å². The van der Waals surface area contributed by atoms with E-state index in [1.165, 1.54) is 24.7 Å². The van der Waals surface area contributed by atoms with Crippen LogP contribution in [0.2, 0.25) is 5.02 Å². The van der Waals surface area contributed by atoms with Crippen molar-refractivity contribution in [1.82, 2.24) is 14.5 Å². The van der Waals surface area contributed by atoms with Gasteiger partial charge in [0, 0.05) is 35.1 Å². The average Bonchev–Trinajstić information content (AvgIpc) is 3.31. The van der Waals surface area contributed by atoms with E-state index >= 15 is 0 Å². The van der Waals surface area contributed by atoms with Crippen LogP contribution in [-0.2, 0) is 17.6 Å². The van der Waals surface area contributed by atoms with E-state index in [-0.39, 0.29) is 23.5 Å². The second-order valence-corrected chi connectivity index (χ2v) is 10.2. The first-order chi connectivity index (χ1) is 19.2. The van der Waals surface area contributed by atoms with E-state index < -0.39 is 6.04 Å². The molecule has 3 aromatic carbocycles. The molecule has 0 amide bonds. The molecule has 2 aromatic heterocycles. The van der Waals surface area contributed by atoms with Crippen LogP contribution in [0.3, 0.4) is 0 Å². The van der Waals surface area contributed by atoms with Crippen LogP contribution in [0.5, 0.6) is 5.75 Å². The summed E-state index contributed by atoms with van der Waals surface area (Å²) in [6.07, 6.45) is 2.00. The molecule has 1 unspecified atom stereocenters. The molecule has 0 saturated carbocycles. The molecule has 1 N–H and O–H groups in total. The lowest BCUT2D eigenvalue weighted by atomic mass is 9.95. The van der Waals surface area contributed by atoms with Crippen molar-refractivity contribution in [3.05, 3.63) is 117 Å². The third kappa shape index (κ3) is 5.60. The number of carbonyl (C=O) groups is 2. The van der Waals surface area contributed by atoms with Crippen LogP contribution in [0.4, 0.5) is 0 Å². The Morgan fingerprint density at radius 2 is 1.77 bits per heavy atom. The maximum absolute atomic E-state index is 13.9. The Morgan fingerprint density at radius 1 is 1.00 bits per heavy atom. The molecule has 0 bridgehead atoms. The number of carbonyl (C=O) groups excluding carboxylic acids is 2. The molecule has 5 rings (SSSR count). The predicted molar refractivity (Wildman–Crippen MR) is 156 cm³/mol. The topological polar surface area (TPSA) is 94.1 Å². The largest absolute Gasteiger partial charge is 0.495 e. The van der Waals surface area contributed by atoms with Crippen molar-refractivity contribution in [2.24, 2.45) is 0 Å². The average molecular weight is 554 g/mol. The molecule has 1 atom stereocenters. The van der Waals surface area contributed by atoms with Crippen LogP contribution in [0, 0.1) is 6.92 Å². The summed E-state index contributed by atoms with van der Waals surface area (Å²) in [5.41, 5.74) is 4.38. The molecule has 0 radical (unpaired) electrons. The number of hydrogen-bond donors (Lipinski definition) is 1. The van der Waals surface area contributed by atoms with E-state index in [1.807, 2.05) is 55.5 Å². The monoisotopic (exact) mass is 553 g/mol. The SMILES string of the molecule is COc1cn(C(Cc2ccccc2)C(=O)Cc2ccc3nc(C)[nH]c3c2)c(=O)cc1-c1cc(Cl)ccc1C(C)=O. The second-order valence-electron chi connectivity index (χ2n) is 9.77. The molecule has 5 aromatic rings. The number of aromatic nitrogens is 3. The summed E-state index contributed by atoms with van der Waals surface area (Å²) in [7, 11) is 1.49. The fourth-order valence-electron chi connectivity index (χ4n) is 5.01. The lowest BCUT2D eigenvalue weighted by Gasteiger charge is -2.21. The summed E-state index contributed by atoms with van der Waals surface area (Å²) in [5, 5.41) is 0.424. The fourth-order valence-corrected chi connectivity index (χ4v) is 5.18. The summed E-state index contributed by atoms with van der Waals surface area (Å²) in [6.45, 7) is 3.34. The van der Waals surface area contributed by atoms with Crippen LogP contribution in [-0.4, -0.2) is 33.2 Å². The lowest BCUT2D eigenvalue weighted by Crippen LogP contribution is -2.32. The van der Waals surface area contributed by atoms with Gasteiger partial charge in [-0.2, -0.15) is 0 Å².